The van der Waals surface area contributed by atoms with E-state index in [0.717, 1.165) is 0 Å². The summed E-state index contributed by atoms with van der Waals surface area (Å²) in [6, 6.07) is 0. The van der Waals surface area contributed by atoms with Crippen LogP contribution in [0.1, 0.15) is 19.8 Å². The van der Waals surface area contributed by atoms with Gasteiger partial charge in [-0.15, -0.1) is 0 Å². The van der Waals surface area contributed by atoms with Crippen molar-refractivity contribution in [2.24, 2.45) is 5.73 Å². The van der Waals surface area contributed by atoms with Gasteiger partial charge in [-0.3, -0.25) is 4.79 Å². The number of piperidine rings is 1. The molecule has 0 aliphatic carbocycles. The lowest BCUT2D eigenvalue weighted by molar-refractivity contribution is -0.137. The van der Waals surface area contributed by atoms with Crippen LogP contribution in [0.2, 0.25) is 0 Å². The van der Waals surface area contributed by atoms with Gasteiger partial charge in [-0.05, 0) is 6.92 Å². The number of aliphatic hydroxyl groups excluding tert-OH is 1. The molecular weight excluding hydrogens is 200 g/mol. The minimum Gasteiger partial charge on any atom is -0.443 e. The molecule has 3 N–H and O–H groups in total. The monoisotopic (exact) mass is 216 g/mol. The van der Waals surface area contributed by atoms with Gasteiger partial charge in [0.25, 0.3) is 0 Å². The molecule has 0 unspecified atom stereocenters. The highest BCUT2D eigenvalue weighted by atomic mass is 16.6. The summed E-state index contributed by atoms with van der Waals surface area (Å²) in [7, 11) is 0. The van der Waals surface area contributed by atoms with Crippen LogP contribution in [0, 0.1) is 0 Å². The van der Waals surface area contributed by atoms with Crippen molar-refractivity contribution in [1.82, 2.24) is 4.90 Å². The summed E-state index contributed by atoms with van der Waals surface area (Å²) in [5.74, 6) is -0.295. The van der Waals surface area contributed by atoms with Gasteiger partial charge >= 0.3 is 6.09 Å². The van der Waals surface area contributed by atoms with Crippen LogP contribution >= 0.6 is 0 Å². The Hall–Kier alpha value is -1.30. The quantitative estimate of drug-likeness (QED) is 0.648. The van der Waals surface area contributed by atoms with Crippen LogP contribution in [-0.4, -0.2) is 47.3 Å². The van der Waals surface area contributed by atoms with Crippen LogP contribution in [0.15, 0.2) is 0 Å². The number of carbonyl (C=O) groups excluding carboxylic acids is 2. The van der Waals surface area contributed by atoms with E-state index in [2.05, 4.69) is 0 Å². The number of amides is 2. The number of hydrogen-bond donors (Lipinski definition) is 2. The largest absolute Gasteiger partial charge is 0.443 e. The summed E-state index contributed by atoms with van der Waals surface area (Å²) in [6.07, 6.45) is 0.294. The van der Waals surface area contributed by atoms with E-state index >= 15 is 0 Å². The van der Waals surface area contributed by atoms with Gasteiger partial charge in [0.05, 0.1) is 0 Å². The number of primary amides is 1. The van der Waals surface area contributed by atoms with Crippen molar-refractivity contribution in [3.63, 3.8) is 0 Å². The normalized spacial score (nSPS) is 19.7. The Labute approximate surface area is 88.0 Å². The summed E-state index contributed by atoms with van der Waals surface area (Å²) >= 11 is 0. The number of likely N-dealkylation sites (tertiary alicyclic amines) is 1. The van der Waals surface area contributed by atoms with Gasteiger partial charge in [-0.1, -0.05) is 0 Å². The summed E-state index contributed by atoms with van der Waals surface area (Å²) in [6.45, 7) is 2.26. The molecule has 0 aromatic rings. The fourth-order valence-corrected chi connectivity index (χ4v) is 1.67. The Kier molecular flexibility index (Phi) is 3.52. The smallest absolute Gasteiger partial charge is 0.405 e. The third-order valence-corrected chi connectivity index (χ3v) is 2.66. The van der Waals surface area contributed by atoms with Gasteiger partial charge in [0.1, 0.15) is 12.2 Å². The maximum absolute atomic E-state index is 11.1. The van der Waals surface area contributed by atoms with E-state index in [4.69, 9.17) is 15.6 Å². The van der Waals surface area contributed by atoms with E-state index in [1.807, 2.05) is 0 Å². The Balaban J connectivity index is 2.47. The molecule has 1 aliphatic heterocycles. The summed E-state index contributed by atoms with van der Waals surface area (Å²) in [4.78, 5) is 23.3. The zero-order valence-corrected chi connectivity index (χ0v) is 8.73. The maximum atomic E-state index is 11.1. The molecule has 86 valence electrons. The predicted octanol–water partition coefficient (Wildman–Crippen LogP) is -0.545. The SMILES string of the molecule is CC1(OC(N)=O)CCN(C(=O)CO)CC1. The molecule has 0 aromatic carbocycles. The number of rotatable bonds is 2. The predicted molar refractivity (Wildman–Crippen MR) is 52.0 cm³/mol. The van der Waals surface area contributed by atoms with Crippen molar-refractivity contribution in [2.75, 3.05) is 19.7 Å². The molecule has 0 aromatic heterocycles. The topological polar surface area (TPSA) is 92.9 Å². The minimum absolute atomic E-state index is 0.295. The van der Waals surface area contributed by atoms with Crippen molar-refractivity contribution >= 4 is 12.0 Å². The van der Waals surface area contributed by atoms with Crippen LogP contribution < -0.4 is 5.73 Å². The summed E-state index contributed by atoms with van der Waals surface area (Å²) < 4.78 is 4.98. The first-order chi connectivity index (χ1) is 6.97. The van der Waals surface area contributed by atoms with Crippen LogP contribution in [0.4, 0.5) is 4.79 Å². The highest BCUT2D eigenvalue weighted by Crippen LogP contribution is 2.25. The Morgan fingerprint density at radius 2 is 2.00 bits per heavy atom. The molecule has 2 amide bonds. The number of hydrogen-bond acceptors (Lipinski definition) is 4. The van der Waals surface area contributed by atoms with Gasteiger partial charge in [0.15, 0.2) is 0 Å². The second kappa shape index (κ2) is 4.48. The zero-order valence-electron chi connectivity index (χ0n) is 8.73. The number of nitrogens with two attached hydrogens (primary N) is 1. The van der Waals surface area contributed by atoms with E-state index in [0.29, 0.717) is 25.9 Å². The van der Waals surface area contributed by atoms with Gasteiger partial charge < -0.3 is 20.5 Å². The molecular formula is C9H16N2O4. The second-order valence-electron chi connectivity index (χ2n) is 3.91. The van der Waals surface area contributed by atoms with E-state index in [1.165, 1.54) is 0 Å². The van der Waals surface area contributed by atoms with Crippen LogP contribution in [0.25, 0.3) is 0 Å². The Morgan fingerprint density at radius 3 is 2.40 bits per heavy atom. The molecule has 1 saturated heterocycles. The number of ether oxygens (including phenoxy) is 1. The van der Waals surface area contributed by atoms with E-state index in [9.17, 15) is 9.59 Å². The molecule has 1 aliphatic rings. The molecule has 15 heavy (non-hydrogen) atoms. The van der Waals surface area contributed by atoms with Crippen molar-refractivity contribution in [1.29, 1.82) is 0 Å². The van der Waals surface area contributed by atoms with E-state index < -0.39 is 18.3 Å². The van der Waals surface area contributed by atoms with Crippen LogP contribution in [0.5, 0.6) is 0 Å². The fourth-order valence-electron chi connectivity index (χ4n) is 1.67. The van der Waals surface area contributed by atoms with E-state index in [-0.39, 0.29) is 5.91 Å². The molecule has 1 fully saturated rings. The molecule has 0 saturated carbocycles. The second-order valence-corrected chi connectivity index (χ2v) is 3.91. The first-order valence-corrected chi connectivity index (χ1v) is 4.84. The third-order valence-electron chi connectivity index (χ3n) is 2.66. The van der Waals surface area contributed by atoms with Gasteiger partial charge in [0, 0.05) is 25.9 Å². The molecule has 0 bridgehead atoms. The zero-order chi connectivity index (χ0) is 11.5. The lowest BCUT2D eigenvalue weighted by Crippen LogP contribution is -2.48. The molecule has 0 spiro atoms. The lowest BCUT2D eigenvalue weighted by Gasteiger charge is -2.38. The third kappa shape index (κ3) is 3.09. The summed E-state index contributed by atoms with van der Waals surface area (Å²) in [5.41, 5.74) is 4.36. The van der Waals surface area contributed by atoms with Crippen LogP contribution in [-0.2, 0) is 9.53 Å². The molecule has 0 radical (unpaired) electrons. The molecule has 6 nitrogen and oxygen atoms in total. The fraction of sp³-hybridized carbons (Fsp3) is 0.778. The molecule has 0 atom stereocenters. The van der Waals surface area contributed by atoms with Gasteiger partial charge in [-0.2, -0.15) is 0 Å². The van der Waals surface area contributed by atoms with Crippen molar-refractivity contribution in [2.45, 2.75) is 25.4 Å². The Morgan fingerprint density at radius 1 is 1.47 bits per heavy atom. The average molecular weight is 216 g/mol. The van der Waals surface area contributed by atoms with Crippen LogP contribution in [0.3, 0.4) is 0 Å². The Bertz CT molecular complexity index is 259. The van der Waals surface area contributed by atoms with Crippen molar-refractivity contribution in [3.05, 3.63) is 0 Å². The standard InChI is InChI=1S/C9H16N2O4/c1-9(15-8(10)14)2-4-11(5-3-9)7(13)6-12/h12H,2-6H2,1H3,(H2,10,14). The number of carbonyl (C=O) groups is 2. The van der Waals surface area contributed by atoms with Crippen molar-refractivity contribution < 1.29 is 19.4 Å². The highest BCUT2D eigenvalue weighted by molar-refractivity contribution is 5.77. The number of nitrogens with zero attached hydrogens (tertiary/aromatic N) is 1. The number of aliphatic hydroxyl groups is 1. The summed E-state index contributed by atoms with van der Waals surface area (Å²) in [5, 5.41) is 8.67. The van der Waals surface area contributed by atoms with Gasteiger partial charge in [-0.25, -0.2) is 4.79 Å². The highest BCUT2D eigenvalue weighted by Gasteiger charge is 2.34. The minimum atomic E-state index is -0.792. The molecule has 1 rings (SSSR count). The van der Waals surface area contributed by atoms with E-state index in [1.54, 1.807) is 11.8 Å². The average Bonchev–Trinajstić information content (AvgIpc) is 2.16. The lowest BCUT2D eigenvalue weighted by atomic mass is 9.93. The maximum Gasteiger partial charge on any atom is 0.405 e. The molecule has 6 heteroatoms. The molecule has 1 heterocycles. The van der Waals surface area contributed by atoms with Crippen molar-refractivity contribution in [3.8, 4) is 0 Å². The first-order valence-electron chi connectivity index (χ1n) is 4.84. The van der Waals surface area contributed by atoms with Gasteiger partial charge in [0.2, 0.25) is 5.91 Å². The first kappa shape index (κ1) is 11.8.